The standard InChI is InChI=1S/C23H27N3O2S/c1-14-18-20(24-17-7-6-12-26(17)21(18)27)29-19(14)22(28)25(5)13-15-8-10-16(11-9-15)23(2,3)4/h8-11H,6-7,12-13H2,1-5H3. The van der Waals surface area contributed by atoms with Gasteiger partial charge in [0.2, 0.25) is 0 Å². The Bertz CT molecular complexity index is 1150. The summed E-state index contributed by atoms with van der Waals surface area (Å²) in [4.78, 5) is 33.7. The minimum absolute atomic E-state index is 0.00396. The monoisotopic (exact) mass is 409 g/mol. The van der Waals surface area contributed by atoms with Crippen molar-refractivity contribution in [1.82, 2.24) is 14.5 Å². The van der Waals surface area contributed by atoms with Gasteiger partial charge in [0.1, 0.15) is 10.7 Å². The molecular formula is C23H27N3O2S. The van der Waals surface area contributed by atoms with E-state index in [2.05, 4.69) is 50.0 Å². The van der Waals surface area contributed by atoms with Crippen LogP contribution in [0.5, 0.6) is 0 Å². The van der Waals surface area contributed by atoms with Gasteiger partial charge in [-0.2, -0.15) is 0 Å². The zero-order valence-corrected chi connectivity index (χ0v) is 18.5. The molecule has 152 valence electrons. The second kappa shape index (κ2) is 7.10. The maximum absolute atomic E-state index is 13.1. The average Bonchev–Trinajstić information content (AvgIpc) is 3.26. The highest BCUT2D eigenvalue weighted by Crippen LogP contribution is 2.30. The lowest BCUT2D eigenvalue weighted by Gasteiger charge is -2.21. The van der Waals surface area contributed by atoms with E-state index < -0.39 is 0 Å². The first-order valence-corrected chi connectivity index (χ1v) is 10.9. The van der Waals surface area contributed by atoms with Gasteiger partial charge in [-0.1, -0.05) is 45.0 Å². The molecule has 3 aromatic rings. The molecule has 4 rings (SSSR count). The molecular weight excluding hydrogens is 382 g/mol. The molecule has 0 saturated heterocycles. The predicted molar refractivity (Wildman–Crippen MR) is 118 cm³/mol. The smallest absolute Gasteiger partial charge is 0.264 e. The molecule has 3 heterocycles. The molecule has 0 atom stereocenters. The average molecular weight is 410 g/mol. The topological polar surface area (TPSA) is 55.2 Å². The number of amides is 1. The second-order valence-corrected chi connectivity index (χ2v) is 9.93. The van der Waals surface area contributed by atoms with Crippen LogP contribution in [0.4, 0.5) is 0 Å². The summed E-state index contributed by atoms with van der Waals surface area (Å²) in [7, 11) is 1.81. The van der Waals surface area contributed by atoms with Gasteiger partial charge in [-0.25, -0.2) is 4.98 Å². The first-order chi connectivity index (χ1) is 13.7. The molecule has 0 fully saturated rings. The number of aromatic nitrogens is 2. The first kappa shape index (κ1) is 19.8. The van der Waals surface area contributed by atoms with E-state index >= 15 is 0 Å². The Labute approximate surface area is 175 Å². The molecule has 6 heteroatoms. The van der Waals surface area contributed by atoms with Gasteiger partial charge in [-0.3, -0.25) is 14.2 Å². The van der Waals surface area contributed by atoms with E-state index in [-0.39, 0.29) is 16.9 Å². The van der Waals surface area contributed by atoms with Crippen molar-refractivity contribution >= 4 is 27.5 Å². The van der Waals surface area contributed by atoms with Crippen LogP contribution in [0.15, 0.2) is 29.1 Å². The predicted octanol–water partition coefficient (Wildman–Crippen LogP) is 4.28. The van der Waals surface area contributed by atoms with Gasteiger partial charge in [0.15, 0.2) is 0 Å². The highest BCUT2D eigenvalue weighted by atomic mass is 32.1. The van der Waals surface area contributed by atoms with Crippen molar-refractivity contribution in [3.8, 4) is 0 Å². The van der Waals surface area contributed by atoms with Crippen LogP contribution < -0.4 is 5.56 Å². The lowest BCUT2D eigenvalue weighted by Crippen LogP contribution is -2.26. The summed E-state index contributed by atoms with van der Waals surface area (Å²) in [5.74, 6) is 0.782. The third kappa shape index (κ3) is 3.50. The van der Waals surface area contributed by atoms with Crippen molar-refractivity contribution in [2.24, 2.45) is 0 Å². The quantitative estimate of drug-likeness (QED) is 0.649. The van der Waals surface area contributed by atoms with Crippen molar-refractivity contribution in [2.45, 2.75) is 59.0 Å². The van der Waals surface area contributed by atoms with Crippen LogP contribution >= 0.6 is 11.3 Å². The summed E-state index contributed by atoms with van der Waals surface area (Å²) >= 11 is 1.34. The van der Waals surface area contributed by atoms with Crippen LogP contribution in [-0.2, 0) is 24.9 Å². The van der Waals surface area contributed by atoms with Gasteiger partial charge in [-0.15, -0.1) is 11.3 Å². The Kier molecular flexibility index (Phi) is 4.85. The van der Waals surface area contributed by atoms with Crippen LogP contribution in [0.2, 0.25) is 0 Å². The van der Waals surface area contributed by atoms with Gasteiger partial charge in [0, 0.05) is 26.6 Å². The second-order valence-electron chi connectivity index (χ2n) is 8.93. The number of benzene rings is 1. The fourth-order valence-corrected chi connectivity index (χ4v) is 5.09. The summed E-state index contributed by atoms with van der Waals surface area (Å²) in [5, 5.41) is 0.604. The largest absolute Gasteiger partial charge is 0.337 e. The molecule has 0 bridgehead atoms. The number of hydrogen-bond donors (Lipinski definition) is 0. The van der Waals surface area contributed by atoms with Crippen LogP contribution in [-0.4, -0.2) is 27.4 Å². The molecule has 1 aliphatic heterocycles. The number of carbonyl (C=O) groups is 1. The first-order valence-electron chi connectivity index (χ1n) is 10.0. The summed E-state index contributed by atoms with van der Waals surface area (Å²) in [6.45, 7) is 9.68. The number of nitrogens with zero attached hydrogens (tertiary/aromatic N) is 3. The third-order valence-electron chi connectivity index (χ3n) is 5.69. The lowest BCUT2D eigenvalue weighted by atomic mass is 9.87. The highest BCUT2D eigenvalue weighted by Gasteiger charge is 2.25. The van der Waals surface area contributed by atoms with E-state index in [9.17, 15) is 9.59 Å². The highest BCUT2D eigenvalue weighted by molar-refractivity contribution is 7.20. The summed E-state index contributed by atoms with van der Waals surface area (Å²) < 4.78 is 1.76. The zero-order chi connectivity index (χ0) is 20.9. The van der Waals surface area contributed by atoms with E-state index in [1.54, 1.807) is 9.47 Å². The van der Waals surface area contributed by atoms with E-state index in [1.165, 1.54) is 16.9 Å². The van der Waals surface area contributed by atoms with Crippen molar-refractivity contribution < 1.29 is 4.79 Å². The number of aryl methyl sites for hydroxylation is 2. The van der Waals surface area contributed by atoms with Gasteiger partial charge >= 0.3 is 0 Å². The molecule has 0 aliphatic carbocycles. The van der Waals surface area contributed by atoms with Gasteiger partial charge < -0.3 is 4.90 Å². The number of rotatable bonds is 3. The SMILES string of the molecule is Cc1c(C(=O)N(C)Cc2ccc(C(C)(C)C)cc2)sc2nc3n(c(=O)c12)CCC3. The number of fused-ring (bicyclic) bond motifs is 2. The minimum Gasteiger partial charge on any atom is -0.337 e. The number of carbonyl (C=O) groups excluding carboxylic acids is 1. The van der Waals surface area contributed by atoms with E-state index in [0.717, 1.165) is 36.3 Å². The molecule has 1 aliphatic rings. The molecule has 29 heavy (non-hydrogen) atoms. The van der Waals surface area contributed by atoms with Gasteiger partial charge in [0.25, 0.3) is 11.5 Å². The number of hydrogen-bond acceptors (Lipinski definition) is 4. The molecule has 5 nitrogen and oxygen atoms in total. The minimum atomic E-state index is -0.0602. The maximum Gasteiger partial charge on any atom is 0.264 e. The van der Waals surface area contributed by atoms with E-state index in [1.807, 2.05) is 14.0 Å². The van der Waals surface area contributed by atoms with Gasteiger partial charge in [0.05, 0.1) is 10.3 Å². The van der Waals surface area contributed by atoms with E-state index in [0.29, 0.717) is 21.6 Å². The molecule has 0 N–H and O–H groups in total. The van der Waals surface area contributed by atoms with E-state index in [4.69, 9.17) is 0 Å². The molecule has 0 radical (unpaired) electrons. The van der Waals surface area contributed by atoms with Gasteiger partial charge in [-0.05, 0) is 35.4 Å². The Morgan fingerprint density at radius 3 is 2.59 bits per heavy atom. The fraction of sp³-hybridized carbons (Fsp3) is 0.435. The molecule has 0 unspecified atom stereocenters. The molecule has 1 amide bonds. The van der Waals surface area contributed by atoms with Crippen molar-refractivity contribution in [3.05, 3.63) is 62.0 Å². The Balaban J connectivity index is 1.61. The molecule has 0 spiro atoms. The Morgan fingerprint density at radius 2 is 1.93 bits per heavy atom. The number of thiophene rings is 1. The summed E-state index contributed by atoms with van der Waals surface area (Å²) in [5.41, 5.74) is 3.22. The molecule has 2 aromatic heterocycles. The fourth-order valence-electron chi connectivity index (χ4n) is 3.91. The summed E-state index contributed by atoms with van der Waals surface area (Å²) in [6.07, 6.45) is 1.79. The molecule has 0 saturated carbocycles. The third-order valence-corrected chi connectivity index (χ3v) is 6.87. The summed E-state index contributed by atoms with van der Waals surface area (Å²) in [6, 6.07) is 8.43. The van der Waals surface area contributed by atoms with Crippen molar-refractivity contribution in [3.63, 3.8) is 0 Å². The van der Waals surface area contributed by atoms with Crippen LogP contribution in [0.25, 0.3) is 10.2 Å². The van der Waals surface area contributed by atoms with Crippen molar-refractivity contribution in [2.75, 3.05) is 7.05 Å². The Morgan fingerprint density at radius 1 is 1.24 bits per heavy atom. The van der Waals surface area contributed by atoms with Crippen LogP contribution in [0.1, 0.15) is 59.4 Å². The van der Waals surface area contributed by atoms with Crippen LogP contribution in [0.3, 0.4) is 0 Å². The zero-order valence-electron chi connectivity index (χ0n) is 17.7. The normalized spacial score (nSPS) is 13.7. The van der Waals surface area contributed by atoms with Crippen molar-refractivity contribution in [1.29, 1.82) is 0 Å². The maximum atomic E-state index is 13.1. The Hall–Kier alpha value is -2.47. The molecule has 1 aromatic carbocycles. The lowest BCUT2D eigenvalue weighted by molar-refractivity contribution is 0.0789. The van der Waals surface area contributed by atoms with Crippen LogP contribution in [0, 0.1) is 6.92 Å².